The van der Waals surface area contributed by atoms with Crippen molar-refractivity contribution in [1.82, 2.24) is 4.57 Å². The Morgan fingerprint density at radius 2 is 2.00 bits per heavy atom. The molecule has 0 fully saturated rings. The van der Waals surface area contributed by atoms with Gasteiger partial charge in [0.1, 0.15) is 17.4 Å². The molecule has 18 heavy (non-hydrogen) atoms. The molecule has 0 aliphatic heterocycles. The number of phenols is 1. The molecule has 1 heterocycles. The van der Waals surface area contributed by atoms with Crippen LogP contribution in [0.4, 0.5) is 0 Å². The number of nitrogens with zero attached hydrogens (tertiary/aromatic N) is 2. The molecule has 0 amide bonds. The van der Waals surface area contributed by atoms with Crippen LogP contribution < -0.4 is 5.56 Å². The maximum absolute atomic E-state index is 12.0. The van der Waals surface area contributed by atoms with Crippen LogP contribution in [-0.4, -0.2) is 9.67 Å². The first-order valence-corrected chi connectivity index (χ1v) is 5.45. The summed E-state index contributed by atoms with van der Waals surface area (Å²) < 4.78 is 1.38. The van der Waals surface area contributed by atoms with Gasteiger partial charge in [-0.15, -0.1) is 0 Å². The molecule has 2 aromatic rings. The van der Waals surface area contributed by atoms with Gasteiger partial charge in [-0.25, -0.2) is 0 Å². The summed E-state index contributed by atoms with van der Waals surface area (Å²) in [7, 11) is 1.59. The zero-order valence-electron chi connectivity index (χ0n) is 10.1. The lowest BCUT2D eigenvalue weighted by atomic mass is 10.1. The highest BCUT2D eigenvalue weighted by atomic mass is 16.3. The topological polar surface area (TPSA) is 66.0 Å². The number of aryl methyl sites for hydroxylation is 1. The van der Waals surface area contributed by atoms with Crippen molar-refractivity contribution in [2.45, 2.75) is 6.92 Å². The predicted octanol–water partition coefficient (Wildman–Crippen LogP) is 1.94. The van der Waals surface area contributed by atoms with Crippen molar-refractivity contribution in [3.63, 3.8) is 0 Å². The van der Waals surface area contributed by atoms with Crippen LogP contribution in [0.3, 0.4) is 0 Å². The molecular formula is C14H12N2O2. The van der Waals surface area contributed by atoms with Crippen molar-refractivity contribution in [3.05, 3.63) is 51.8 Å². The number of benzene rings is 1. The maximum Gasteiger partial charge on any atom is 0.268 e. The van der Waals surface area contributed by atoms with Crippen molar-refractivity contribution in [1.29, 1.82) is 5.26 Å². The fourth-order valence-corrected chi connectivity index (χ4v) is 1.90. The Bertz CT molecular complexity index is 709. The Kier molecular flexibility index (Phi) is 2.90. The first-order valence-electron chi connectivity index (χ1n) is 5.45. The van der Waals surface area contributed by atoms with Crippen LogP contribution in [0.2, 0.25) is 0 Å². The summed E-state index contributed by atoms with van der Waals surface area (Å²) in [5.74, 6) is 0.108. The Morgan fingerprint density at radius 3 is 2.61 bits per heavy atom. The highest BCUT2D eigenvalue weighted by molar-refractivity contribution is 5.68. The minimum Gasteiger partial charge on any atom is -0.507 e. The summed E-state index contributed by atoms with van der Waals surface area (Å²) in [6.45, 7) is 1.71. The van der Waals surface area contributed by atoms with E-state index in [0.29, 0.717) is 16.8 Å². The Balaban J connectivity index is 2.80. The van der Waals surface area contributed by atoms with E-state index in [9.17, 15) is 9.90 Å². The van der Waals surface area contributed by atoms with E-state index in [0.717, 1.165) is 0 Å². The van der Waals surface area contributed by atoms with Crippen molar-refractivity contribution in [2.24, 2.45) is 7.05 Å². The lowest BCUT2D eigenvalue weighted by molar-refractivity contribution is 0.476. The molecule has 0 aliphatic carbocycles. The number of pyridine rings is 1. The van der Waals surface area contributed by atoms with Crippen molar-refractivity contribution >= 4 is 0 Å². The Morgan fingerprint density at radius 1 is 1.33 bits per heavy atom. The first-order chi connectivity index (χ1) is 8.56. The number of aromatic hydroxyl groups is 1. The zero-order chi connectivity index (χ0) is 13.3. The second-order valence-corrected chi connectivity index (χ2v) is 4.08. The summed E-state index contributed by atoms with van der Waals surface area (Å²) in [5.41, 5.74) is 1.56. The molecule has 90 valence electrons. The monoisotopic (exact) mass is 240 g/mol. The molecule has 1 aromatic carbocycles. The van der Waals surface area contributed by atoms with E-state index < -0.39 is 0 Å². The molecule has 0 bridgehead atoms. The fourth-order valence-electron chi connectivity index (χ4n) is 1.90. The molecular weight excluding hydrogens is 228 g/mol. The summed E-state index contributed by atoms with van der Waals surface area (Å²) >= 11 is 0. The zero-order valence-corrected chi connectivity index (χ0v) is 10.1. The number of para-hydroxylation sites is 1. The standard InChI is InChI=1S/C14H12N2O2/c1-9-7-12(10-5-3-4-6-13(10)17)16(2)14(18)11(9)8-15/h3-7,17H,1-2H3. The molecule has 4 heteroatoms. The quantitative estimate of drug-likeness (QED) is 0.828. The summed E-state index contributed by atoms with van der Waals surface area (Å²) in [6.07, 6.45) is 0. The first kappa shape index (κ1) is 11.9. The van der Waals surface area contributed by atoms with E-state index in [1.165, 1.54) is 4.57 Å². The van der Waals surface area contributed by atoms with E-state index in [-0.39, 0.29) is 16.9 Å². The van der Waals surface area contributed by atoms with Crippen LogP contribution >= 0.6 is 0 Å². The molecule has 2 rings (SSSR count). The predicted molar refractivity (Wildman–Crippen MR) is 68.2 cm³/mol. The number of hydrogen-bond donors (Lipinski definition) is 1. The minimum atomic E-state index is -0.351. The van der Waals surface area contributed by atoms with Gasteiger partial charge in [0.25, 0.3) is 5.56 Å². The van der Waals surface area contributed by atoms with Crippen molar-refractivity contribution in [2.75, 3.05) is 0 Å². The highest BCUT2D eigenvalue weighted by Crippen LogP contribution is 2.28. The van der Waals surface area contributed by atoms with Gasteiger partial charge < -0.3 is 9.67 Å². The molecule has 0 radical (unpaired) electrons. The van der Waals surface area contributed by atoms with Gasteiger partial charge in [0.15, 0.2) is 0 Å². The van der Waals surface area contributed by atoms with E-state index in [1.807, 2.05) is 6.07 Å². The third kappa shape index (κ3) is 1.76. The van der Waals surface area contributed by atoms with Crippen LogP contribution in [0.15, 0.2) is 35.1 Å². The average Bonchev–Trinajstić information content (AvgIpc) is 2.35. The summed E-state index contributed by atoms with van der Waals surface area (Å²) in [6, 6.07) is 10.4. The molecule has 0 aliphatic rings. The van der Waals surface area contributed by atoms with E-state index in [1.54, 1.807) is 44.3 Å². The lowest BCUT2D eigenvalue weighted by Gasteiger charge is -2.11. The van der Waals surface area contributed by atoms with Gasteiger partial charge >= 0.3 is 0 Å². The number of aromatic nitrogens is 1. The normalized spacial score (nSPS) is 10.1. The Hall–Kier alpha value is -2.54. The van der Waals surface area contributed by atoms with E-state index in [4.69, 9.17) is 5.26 Å². The Labute approximate surface area is 104 Å². The minimum absolute atomic E-state index is 0.108. The molecule has 0 saturated heterocycles. The van der Waals surface area contributed by atoms with Crippen LogP contribution in [0.25, 0.3) is 11.3 Å². The molecule has 0 saturated carbocycles. The second kappa shape index (κ2) is 4.38. The smallest absolute Gasteiger partial charge is 0.268 e. The van der Waals surface area contributed by atoms with Gasteiger partial charge in [-0.3, -0.25) is 4.79 Å². The number of rotatable bonds is 1. The largest absolute Gasteiger partial charge is 0.507 e. The van der Waals surface area contributed by atoms with Gasteiger partial charge in [-0.1, -0.05) is 12.1 Å². The van der Waals surface area contributed by atoms with Gasteiger partial charge in [-0.2, -0.15) is 5.26 Å². The van der Waals surface area contributed by atoms with Crippen LogP contribution in [0, 0.1) is 18.3 Å². The second-order valence-electron chi connectivity index (χ2n) is 4.08. The third-order valence-corrected chi connectivity index (χ3v) is 2.92. The molecule has 0 atom stereocenters. The highest BCUT2D eigenvalue weighted by Gasteiger charge is 2.12. The van der Waals surface area contributed by atoms with E-state index in [2.05, 4.69) is 0 Å². The van der Waals surface area contributed by atoms with Gasteiger partial charge in [0.2, 0.25) is 0 Å². The van der Waals surface area contributed by atoms with E-state index >= 15 is 0 Å². The maximum atomic E-state index is 12.0. The molecule has 1 aromatic heterocycles. The number of phenolic OH excluding ortho intramolecular Hbond substituents is 1. The molecule has 1 N–H and O–H groups in total. The molecule has 0 unspecified atom stereocenters. The van der Waals surface area contributed by atoms with Gasteiger partial charge in [0.05, 0.1) is 5.69 Å². The van der Waals surface area contributed by atoms with Crippen molar-refractivity contribution in [3.8, 4) is 23.1 Å². The van der Waals surface area contributed by atoms with Crippen LogP contribution in [0.1, 0.15) is 11.1 Å². The molecule has 4 nitrogen and oxygen atoms in total. The fraction of sp³-hybridized carbons (Fsp3) is 0.143. The number of hydrogen-bond acceptors (Lipinski definition) is 3. The van der Waals surface area contributed by atoms with Crippen LogP contribution in [0.5, 0.6) is 5.75 Å². The third-order valence-electron chi connectivity index (χ3n) is 2.92. The summed E-state index contributed by atoms with van der Waals surface area (Å²) in [5, 5.41) is 18.7. The number of nitriles is 1. The average molecular weight is 240 g/mol. The molecule has 0 spiro atoms. The summed E-state index contributed by atoms with van der Waals surface area (Å²) in [4.78, 5) is 12.0. The lowest BCUT2D eigenvalue weighted by Crippen LogP contribution is -2.22. The van der Waals surface area contributed by atoms with Crippen molar-refractivity contribution < 1.29 is 5.11 Å². The van der Waals surface area contributed by atoms with Gasteiger partial charge in [-0.05, 0) is 30.7 Å². The van der Waals surface area contributed by atoms with Crippen LogP contribution in [-0.2, 0) is 7.05 Å². The van der Waals surface area contributed by atoms with Gasteiger partial charge in [0, 0.05) is 12.6 Å². The SMILES string of the molecule is Cc1cc(-c2ccccc2O)n(C)c(=O)c1C#N.